The molecule has 2 heteroatoms. The molecule has 0 radical (unpaired) electrons. The van der Waals surface area contributed by atoms with Gasteiger partial charge in [-0.2, -0.15) is 0 Å². The molecule has 0 aromatic heterocycles. The van der Waals surface area contributed by atoms with Crippen molar-refractivity contribution < 1.29 is 0 Å². The molecule has 2 heterocycles. The SMILES string of the molecule is CC1CN1C[C@H]1CN1. The third-order valence-corrected chi connectivity index (χ3v) is 1.94. The first-order chi connectivity index (χ1) is 3.86. The lowest BCUT2D eigenvalue weighted by Crippen LogP contribution is -2.10. The second kappa shape index (κ2) is 1.45. The molecule has 2 aliphatic rings. The highest BCUT2D eigenvalue weighted by Gasteiger charge is 2.34. The van der Waals surface area contributed by atoms with Crippen LogP contribution in [0, 0.1) is 0 Å². The minimum absolute atomic E-state index is 0.847. The topological polar surface area (TPSA) is 25.0 Å². The van der Waals surface area contributed by atoms with E-state index in [9.17, 15) is 0 Å². The summed E-state index contributed by atoms with van der Waals surface area (Å²) < 4.78 is 0. The summed E-state index contributed by atoms with van der Waals surface area (Å²) >= 11 is 0. The molecule has 2 aliphatic heterocycles. The summed E-state index contributed by atoms with van der Waals surface area (Å²) in [5.74, 6) is 0. The molecular formula is C6H12N2. The highest BCUT2D eigenvalue weighted by Crippen LogP contribution is 2.17. The van der Waals surface area contributed by atoms with Crippen molar-refractivity contribution in [2.45, 2.75) is 19.0 Å². The van der Waals surface area contributed by atoms with Crippen molar-refractivity contribution in [3.05, 3.63) is 0 Å². The van der Waals surface area contributed by atoms with Gasteiger partial charge < -0.3 is 5.32 Å². The van der Waals surface area contributed by atoms with Crippen LogP contribution in [0.5, 0.6) is 0 Å². The predicted molar refractivity (Wildman–Crippen MR) is 32.8 cm³/mol. The maximum atomic E-state index is 3.28. The van der Waals surface area contributed by atoms with E-state index >= 15 is 0 Å². The van der Waals surface area contributed by atoms with Gasteiger partial charge in [0.1, 0.15) is 0 Å². The second-order valence-corrected chi connectivity index (χ2v) is 2.91. The molecule has 0 amide bonds. The van der Waals surface area contributed by atoms with E-state index in [1.54, 1.807) is 0 Å². The van der Waals surface area contributed by atoms with E-state index in [-0.39, 0.29) is 0 Å². The maximum Gasteiger partial charge on any atom is 0.0320 e. The fourth-order valence-electron chi connectivity index (χ4n) is 1.04. The second-order valence-electron chi connectivity index (χ2n) is 2.91. The lowest BCUT2D eigenvalue weighted by atomic mass is 10.5. The molecule has 2 rings (SSSR count). The van der Waals surface area contributed by atoms with Crippen LogP contribution in [0.15, 0.2) is 0 Å². The van der Waals surface area contributed by atoms with Crippen molar-refractivity contribution in [3.8, 4) is 0 Å². The highest BCUT2D eigenvalue weighted by molar-refractivity contribution is 4.94. The molecule has 2 saturated heterocycles. The minimum atomic E-state index is 0.847. The molecule has 2 unspecified atom stereocenters. The van der Waals surface area contributed by atoms with E-state index in [2.05, 4.69) is 17.1 Å². The van der Waals surface area contributed by atoms with Crippen LogP contribution in [0.4, 0.5) is 0 Å². The summed E-state index contributed by atoms with van der Waals surface area (Å²) in [7, 11) is 0. The smallest absolute Gasteiger partial charge is 0.0320 e. The third-order valence-electron chi connectivity index (χ3n) is 1.94. The van der Waals surface area contributed by atoms with Gasteiger partial charge in [0.05, 0.1) is 0 Å². The van der Waals surface area contributed by atoms with Crippen molar-refractivity contribution >= 4 is 0 Å². The van der Waals surface area contributed by atoms with E-state index in [0.29, 0.717) is 0 Å². The summed E-state index contributed by atoms with van der Waals surface area (Å²) in [6.07, 6.45) is 0. The van der Waals surface area contributed by atoms with Gasteiger partial charge in [0.25, 0.3) is 0 Å². The molecule has 0 aromatic rings. The average Bonchev–Trinajstić information content (AvgIpc) is 2.52. The Hall–Kier alpha value is -0.0800. The molecule has 2 nitrogen and oxygen atoms in total. The van der Waals surface area contributed by atoms with Gasteiger partial charge >= 0.3 is 0 Å². The Balaban J connectivity index is 1.69. The molecule has 2 fully saturated rings. The quantitative estimate of drug-likeness (QED) is 0.494. The fraction of sp³-hybridized carbons (Fsp3) is 1.00. The zero-order valence-corrected chi connectivity index (χ0v) is 5.22. The first-order valence-electron chi connectivity index (χ1n) is 3.33. The van der Waals surface area contributed by atoms with Crippen molar-refractivity contribution in [1.82, 2.24) is 10.2 Å². The lowest BCUT2D eigenvalue weighted by Gasteiger charge is -1.94. The number of rotatable bonds is 2. The van der Waals surface area contributed by atoms with Crippen LogP contribution in [0.3, 0.4) is 0 Å². The van der Waals surface area contributed by atoms with Gasteiger partial charge in [0, 0.05) is 31.7 Å². The molecule has 0 aromatic carbocycles. The standard InChI is InChI=1S/C6H12N2/c1-5-3-8(5)4-6-2-7-6/h5-7H,2-4H2,1H3/t5?,6-,8?/m1/s1. The Labute approximate surface area is 49.9 Å². The Bertz CT molecular complexity index is 98.7. The van der Waals surface area contributed by atoms with Crippen molar-refractivity contribution in [1.29, 1.82) is 0 Å². The van der Waals surface area contributed by atoms with Crippen LogP contribution in [0.1, 0.15) is 6.92 Å². The van der Waals surface area contributed by atoms with Gasteiger partial charge in [-0.3, -0.25) is 4.90 Å². The molecule has 1 N–H and O–H groups in total. The molecule has 0 aliphatic carbocycles. The monoisotopic (exact) mass is 112 g/mol. The van der Waals surface area contributed by atoms with E-state index < -0.39 is 0 Å². The normalized spacial score (nSPS) is 51.4. The third kappa shape index (κ3) is 0.858. The van der Waals surface area contributed by atoms with E-state index in [1.807, 2.05) is 0 Å². The van der Waals surface area contributed by atoms with Crippen molar-refractivity contribution in [3.63, 3.8) is 0 Å². The molecule has 0 saturated carbocycles. The minimum Gasteiger partial charge on any atom is -0.310 e. The number of nitrogens with zero attached hydrogens (tertiary/aromatic N) is 1. The number of hydrogen-bond donors (Lipinski definition) is 1. The largest absolute Gasteiger partial charge is 0.310 e. The summed E-state index contributed by atoms with van der Waals surface area (Å²) in [6.45, 7) is 6.16. The van der Waals surface area contributed by atoms with Crippen LogP contribution < -0.4 is 5.32 Å². The molecule has 8 heavy (non-hydrogen) atoms. The molecule has 3 atom stereocenters. The maximum absolute atomic E-state index is 3.28. The summed E-state index contributed by atoms with van der Waals surface area (Å²) in [5, 5.41) is 3.28. The van der Waals surface area contributed by atoms with Crippen LogP contribution in [-0.4, -0.2) is 36.6 Å². The van der Waals surface area contributed by atoms with Gasteiger partial charge in [0.15, 0.2) is 0 Å². The Morgan fingerprint density at radius 1 is 1.75 bits per heavy atom. The van der Waals surface area contributed by atoms with E-state index in [4.69, 9.17) is 0 Å². The highest BCUT2D eigenvalue weighted by atomic mass is 15.3. The summed E-state index contributed by atoms with van der Waals surface area (Å²) in [6, 6.07) is 1.73. The average molecular weight is 112 g/mol. The molecule has 0 bridgehead atoms. The lowest BCUT2D eigenvalue weighted by molar-refractivity contribution is 0.517. The van der Waals surface area contributed by atoms with Crippen LogP contribution in [-0.2, 0) is 0 Å². The summed E-state index contributed by atoms with van der Waals surface area (Å²) in [5.41, 5.74) is 0. The van der Waals surface area contributed by atoms with Crippen LogP contribution in [0.25, 0.3) is 0 Å². The van der Waals surface area contributed by atoms with E-state index in [1.165, 1.54) is 19.6 Å². The zero-order chi connectivity index (χ0) is 5.56. The van der Waals surface area contributed by atoms with Gasteiger partial charge in [-0.25, -0.2) is 0 Å². The predicted octanol–water partition coefficient (Wildman–Crippen LogP) is -0.338. The first-order valence-corrected chi connectivity index (χ1v) is 3.33. The summed E-state index contributed by atoms with van der Waals surface area (Å²) in [4.78, 5) is 2.49. The molecule has 0 spiro atoms. The van der Waals surface area contributed by atoms with Crippen LogP contribution >= 0.6 is 0 Å². The van der Waals surface area contributed by atoms with Gasteiger partial charge in [-0.05, 0) is 6.92 Å². The van der Waals surface area contributed by atoms with E-state index in [0.717, 1.165) is 12.1 Å². The fourth-order valence-corrected chi connectivity index (χ4v) is 1.04. The Morgan fingerprint density at radius 2 is 2.38 bits per heavy atom. The molecule has 46 valence electrons. The van der Waals surface area contributed by atoms with Gasteiger partial charge in [-0.1, -0.05) is 0 Å². The zero-order valence-electron chi connectivity index (χ0n) is 5.22. The van der Waals surface area contributed by atoms with Crippen LogP contribution in [0.2, 0.25) is 0 Å². The van der Waals surface area contributed by atoms with Gasteiger partial charge in [-0.15, -0.1) is 0 Å². The number of nitrogens with one attached hydrogen (secondary N) is 1. The Kier molecular flexibility index (Phi) is 0.866. The van der Waals surface area contributed by atoms with Gasteiger partial charge in [0.2, 0.25) is 0 Å². The first kappa shape index (κ1) is 4.77. The van der Waals surface area contributed by atoms with Crippen molar-refractivity contribution in [2.75, 3.05) is 19.6 Å². The van der Waals surface area contributed by atoms with Crippen molar-refractivity contribution in [2.24, 2.45) is 0 Å². The Morgan fingerprint density at radius 3 is 2.75 bits per heavy atom. The molecular weight excluding hydrogens is 100 g/mol. The number of hydrogen-bond acceptors (Lipinski definition) is 2.